The van der Waals surface area contributed by atoms with Gasteiger partial charge < -0.3 is 24.0 Å². The molecule has 0 fully saturated rings. The molecule has 0 amide bonds. The summed E-state index contributed by atoms with van der Waals surface area (Å²) in [5.74, 6) is -0.352. The van der Waals surface area contributed by atoms with Crippen molar-refractivity contribution in [2.45, 2.75) is 35.8 Å². The van der Waals surface area contributed by atoms with Crippen LogP contribution in [-0.4, -0.2) is 18.7 Å². The Balaban J connectivity index is 0.00000259. The predicted molar refractivity (Wildman–Crippen MR) is 123 cm³/mol. The molecule has 0 saturated carbocycles. The van der Waals surface area contributed by atoms with Crippen LogP contribution in [-0.2, 0) is 22.5 Å². The predicted octanol–water partition coefficient (Wildman–Crippen LogP) is 1.94. The van der Waals surface area contributed by atoms with Crippen LogP contribution in [0, 0.1) is 0 Å². The first-order valence-corrected chi connectivity index (χ1v) is 11.4. The normalized spacial score (nSPS) is 13.2. The van der Waals surface area contributed by atoms with E-state index in [1.807, 2.05) is 24.3 Å². The summed E-state index contributed by atoms with van der Waals surface area (Å²) in [6.07, 6.45) is -0.695. The molecule has 1 aliphatic rings. The number of carboxylic acids is 1. The van der Waals surface area contributed by atoms with Crippen LogP contribution >= 0.6 is 11.8 Å². The van der Waals surface area contributed by atoms with Crippen molar-refractivity contribution in [3.05, 3.63) is 84.1 Å². The van der Waals surface area contributed by atoms with E-state index >= 15 is 0 Å². The number of carbonyl (C=O) groups excluding carboxylic acids is 1. The SMILES string of the molecule is CCOC(Cc1ccc2oc(CN3c4ccccc4Sc4ccccc43)cc2c1)C(=O)[O-].[Na+]. The van der Waals surface area contributed by atoms with Crippen LogP contribution in [0.5, 0.6) is 0 Å². The zero-order valence-corrected chi connectivity index (χ0v) is 21.4. The van der Waals surface area contributed by atoms with E-state index in [-0.39, 0.29) is 36.0 Å². The minimum absolute atomic E-state index is 0. The van der Waals surface area contributed by atoms with Gasteiger partial charge in [0.25, 0.3) is 0 Å². The minimum Gasteiger partial charge on any atom is -0.547 e. The Hall–Kier alpha value is -2.22. The third kappa shape index (κ3) is 5.00. The molecule has 1 unspecified atom stereocenters. The number of hydrogen-bond donors (Lipinski definition) is 0. The number of furan rings is 1. The molecule has 1 aliphatic heterocycles. The van der Waals surface area contributed by atoms with Gasteiger partial charge in [-0.3, -0.25) is 0 Å². The number of benzene rings is 3. The van der Waals surface area contributed by atoms with E-state index in [1.54, 1.807) is 18.7 Å². The van der Waals surface area contributed by atoms with Crippen molar-refractivity contribution < 1.29 is 48.6 Å². The van der Waals surface area contributed by atoms with Crippen molar-refractivity contribution >= 4 is 40.1 Å². The van der Waals surface area contributed by atoms with E-state index < -0.39 is 12.1 Å². The average molecular weight is 468 g/mol. The average Bonchev–Trinajstić information content (AvgIpc) is 3.20. The second-order valence-electron chi connectivity index (χ2n) is 7.68. The summed E-state index contributed by atoms with van der Waals surface area (Å²) in [7, 11) is 0. The molecule has 0 radical (unpaired) electrons. The third-order valence-electron chi connectivity index (χ3n) is 5.53. The van der Waals surface area contributed by atoms with Crippen molar-refractivity contribution in [2.75, 3.05) is 11.5 Å². The first-order chi connectivity index (χ1) is 15.6. The topological polar surface area (TPSA) is 65.7 Å². The molecule has 1 aromatic heterocycles. The first-order valence-electron chi connectivity index (χ1n) is 10.6. The maximum Gasteiger partial charge on any atom is 1.00 e. The molecular formula is C26H22NNaO4S. The van der Waals surface area contributed by atoms with Gasteiger partial charge in [0, 0.05) is 28.2 Å². The van der Waals surface area contributed by atoms with Gasteiger partial charge in [-0.1, -0.05) is 42.1 Å². The maximum atomic E-state index is 11.3. The molecule has 5 rings (SSSR count). The number of rotatable bonds is 7. The number of anilines is 2. The summed E-state index contributed by atoms with van der Waals surface area (Å²) in [6.45, 7) is 2.70. The monoisotopic (exact) mass is 467 g/mol. The van der Waals surface area contributed by atoms with Gasteiger partial charge in [0.15, 0.2) is 0 Å². The van der Waals surface area contributed by atoms with E-state index in [0.29, 0.717) is 13.2 Å². The summed E-state index contributed by atoms with van der Waals surface area (Å²) in [5, 5.41) is 12.3. The Kier molecular flexibility index (Phi) is 7.51. The van der Waals surface area contributed by atoms with Crippen LogP contribution in [0.4, 0.5) is 11.4 Å². The molecule has 0 N–H and O–H groups in total. The number of carbonyl (C=O) groups is 1. The third-order valence-corrected chi connectivity index (χ3v) is 6.66. The molecule has 162 valence electrons. The molecule has 0 saturated heterocycles. The fourth-order valence-corrected chi connectivity index (χ4v) is 5.18. The summed E-state index contributed by atoms with van der Waals surface area (Å²) >= 11 is 1.78. The van der Waals surface area contributed by atoms with Crippen LogP contribution in [0.25, 0.3) is 11.0 Å². The van der Waals surface area contributed by atoms with Gasteiger partial charge in [-0.25, -0.2) is 0 Å². The van der Waals surface area contributed by atoms with Gasteiger partial charge in [0.05, 0.1) is 23.9 Å². The molecule has 33 heavy (non-hydrogen) atoms. The van der Waals surface area contributed by atoms with Crippen LogP contribution in [0.2, 0.25) is 0 Å². The molecule has 0 spiro atoms. The van der Waals surface area contributed by atoms with Crippen LogP contribution < -0.4 is 39.6 Å². The van der Waals surface area contributed by atoms with Gasteiger partial charge in [-0.15, -0.1) is 0 Å². The molecule has 5 nitrogen and oxygen atoms in total. The molecule has 1 atom stereocenters. The van der Waals surface area contributed by atoms with Crippen molar-refractivity contribution in [2.24, 2.45) is 0 Å². The zero-order valence-electron chi connectivity index (χ0n) is 18.6. The molecular weight excluding hydrogens is 445 g/mol. The van der Waals surface area contributed by atoms with Crippen molar-refractivity contribution in [3.8, 4) is 0 Å². The number of hydrogen-bond acceptors (Lipinski definition) is 6. The van der Waals surface area contributed by atoms with Gasteiger partial charge in [0.1, 0.15) is 17.4 Å². The Morgan fingerprint density at radius 1 is 1.03 bits per heavy atom. The van der Waals surface area contributed by atoms with Crippen molar-refractivity contribution in [1.29, 1.82) is 0 Å². The number of para-hydroxylation sites is 2. The molecule has 0 aliphatic carbocycles. The van der Waals surface area contributed by atoms with Gasteiger partial charge in [0.2, 0.25) is 0 Å². The van der Waals surface area contributed by atoms with Gasteiger partial charge in [-0.05, 0) is 55.0 Å². The Bertz CT molecular complexity index is 1240. The van der Waals surface area contributed by atoms with E-state index in [4.69, 9.17) is 9.15 Å². The second kappa shape index (κ2) is 10.4. The molecule has 3 aromatic carbocycles. The van der Waals surface area contributed by atoms with Crippen molar-refractivity contribution in [3.63, 3.8) is 0 Å². The van der Waals surface area contributed by atoms with E-state index in [0.717, 1.165) is 33.7 Å². The van der Waals surface area contributed by atoms with Gasteiger partial charge in [-0.2, -0.15) is 0 Å². The number of ether oxygens (including phenoxy) is 1. The molecule has 4 aromatic rings. The van der Waals surface area contributed by atoms with Gasteiger partial charge >= 0.3 is 29.6 Å². The minimum atomic E-state index is -1.19. The zero-order chi connectivity index (χ0) is 22.1. The summed E-state index contributed by atoms with van der Waals surface area (Å²) in [5.41, 5.74) is 3.97. The number of fused-ring (bicyclic) bond motifs is 3. The summed E-state index contributed by atoms with van der Waals surface area (Å²) in [4.78, 5) is 16.0. The second-order valence-corrected chi connectivity index (χ2v) is 8.76. The molecule has 2 heterocycles. The fraction of sp³-hybridized carbons (Fsp3) is 0.192. The number of aliphatic carboxylic acids is 1. The van der Waals surface area contributed by atoms with Crippen molar-refractivity contribution in [1.82, 2.24) is 0 Å². The van der Waals surface area contributed by atoms with Crippen LogP contribution in [0.1, 0.15) is 18.2 Å². The van der Waals surface area contributed by atoms with Crippen LogP contribution in [0.3, 0.4) is 0 Å². The van der Waals surface area contributed by atoms with E-state index in [9.17, 15) is 9.90 Å². The quantitative estimate of drug-likeness (QED) is 0.387. The largest absolute Gasteiger partial charge is 1.00 e. The first kappa shape index (κ1) is 23.9. The summed E-state index contributed by atoms with van der Waals surface area (Å²) in [6, 6.07) is 24.5. The van der Waals surface area contributed by atoms with E-state index in [1.165, 1.54) is 9.79 Å². The van der Waals surface area contributed by atoms with E-state index in [2.05, 4.69) is 53.4 Å². The molecule has 7 heteroatoms. The molecule has 0 bridgehead atoms. The Labute approximate surface area is 219 Å². The van der Waals surface area contributed by atoms with Crippen LogP contribution in [0.15, 0.2) is 87.0 Å². The number of carboxylic acid groups (broad SMARTS) is 1. The Morgan fingerprint density at radius 2 is 1.70 bits per heavy atom. The fourth-order valence-electron chi connectivity index (χ4n) is 4.09. The standard InChI is InChI=1S/C26H23NO4S.Na/c1-2-30-23(26(28)29)14-17-11-12-22-18(13-17)15-19(31-22)16-27-20-7-3-5-9-24(20)32-25-10-6-4-8-21(25)27;/h3-13,15,23H,2,14,16H2,1H3,(H,28,29);/q;+1/p-1. The maximum absolute atomic E-state index is 11.3. The summed E-state index contributed by atoms with van der Waals surface area (Å²) < 4.78 is 11.4. The number of nitrogens with zero attached hydrogens (tertiary/aromatic N) is 1. The Morgan fingerprint density at radius 3 is 2.33 bits per heavy atom. The smallest absolute Gasteiger partial charge is 0.547 e.